The van der Waals surface area contributed by atoms with Crippen LogP contribution < -0.4 is 0 Å². The summed E-state index contributed by atoms with van der Waals surface area (Å²) in [5.41, 5.74) is 2.88. The molecule has 0 aliphatic carbocycles. The van der Waals surface area contributed by atoms with E-state index in [4.69, 9.17) is 0 Å². The lowest BCUT2D eigenvalue weighted by Crippen LogP contribution is -1.97. The second-order valence-electron chi connectivity index (χ2n) is 4.80. The average Bonchev–Trinajstić information content (AvgIpc) is 2.78. The van der Waals surface area contributed by atoms with Crippen LogP contribution in [0.4, 0.5) is 0 Å². The van der Waals surface area contributed by atoms with Crippen LogP contribution in [0.3, 0.4) is 0 Å². The molecule has 20 heavy (non-hydrogen) atoms. The number of benzene rings is 1. The Bertz CT molecular complexity index is 776. The molecule has 1 aromatic carbocycles. The Morgan fingerprint density at radius 1 is 1.25 bits per heavy atom. The molecule has 4 nitrogen and oxygen atoms in total. The van der Waals surface area contributed by atoms with Gasteiger partial charge >= 0.3 is 5.97 Å². The molecule has 100 valence electrons. The van der Waals surface area contributed by atoms with E-state index in [1.165, 1.54) is 0 Å². The summed E-state index contributed by atoms with van der Waals surface area (Å²) in [6.07, 6.45) is 2.49. The van der Waals surface area contributed by atoms with E-state index in [1.54, 1.807) is 0 Å². The Labute approximate surface area is 116 Å². The van der Waals surface area contributed by atoms with Crippen LogP contribution in [-0.4, -0.2) is 20.5 Å². The Morgan fingerprint density at radius 2 is 2.00 bits per heavy atom. The van der Waals surface area contributed by atoms with Crippen LogP contribution in [0.25, 0.3) is 5.52 Å². The number of aromatic nitrogens is 2. The fourth-order valence-electron chi connectivity index (χ4n) is 2.31. The van der Waals surface area contributed by atoms with Crippen molar-refractivity contribution in [1.29, 1.82) is 0 Å². The predicted molar refractivity (Wildman–Crippen MR) is 76.1 cm³/mol. The van der Waals surface area contributed by atoms with E-state index in [9.17, 15) is 9.90 Å². The highest BCUT2D eigenvalue weighted by Gasteiger charge is 2.16. The van der Waals surface area contributed by atoms with E-state index in [-0.39, 0.29) is 5.69 Å². The first-order valence-corrected chi connectivity index (χ1v) is 6.40. The molecule has 0 fully saturated rings. The molecule has 0 bridgehead atoms. The Balaban J connectivity index is 2.14. The molecule has 2 heterocycles. The van der Waals surface area contributed by atoms with Gasteiger partial charge in [0.25, 0.3) is 0 Å². The molecule has 1 N–H and O–H groups in total. The zero-order valence-electron chi connectivity index (χ0n) is 11.1. The van der Waals surface area contributed by atoms with E-state index in [1.807, 2.05) is 60.0 Å². The molecule has 0 amide bonds. The van der Waals surface area contributed by atoms with Crippen LogP contribution in [0.1, 0.15) is 27.4 Å². The van der Waals surface area contributed by atoms with Crippen molar-refractivity contribution in [3.8, 4) is 0 Å². The van der Waals surface area contributed by atoms with E-state index >= 15 is 0 Å². The highest BCUT2D eigenvalue weighted by Crippen LogP contribution is 2.17. The van der Waals surface area contributed by atoms with Crippen molar-refractivity contribution in [2.75, 3.05) is 0 Å². The smallest absolute Gasteiger partial charge is 0.356 e. The third-order valence-electron chi connectivity index (χ3n) is 3.28. The first-order chi connectivity index (χ1) is 9.65. The maximum absolute atomic E-state index is 11.3. The first kappa shape index (κ1) is 12.4. The molecule has 0 unspecified atom stereocenters. The fraction of sp³-hybridized carbons (Fsp3) is 0.125. The number of aryl methyl sites for hydroxylation is 1. The zero-order valence-corrected chi connectivity index (χ0v) is 11.1. The second kappa shape index (κ2) is 4.81. The van der Waals surface area contributed by atoms with E-state index in [0.29, 0.717) is 11.9 Å². The van der Waals surface area contributed by atoms with Crippen molar-refractivity contribution < 1.29 is 9.90 Å². The molecule has 0 saturated heterocycles. The number of fused-ring (bicyclic) bond motifs is 1. The van der Waals surface area contributed by atoms with Crippen molar-refractivity contribution in [2.24, 2.45) is 0 Å². The minimum Gasteiger partial charge on any atom is -0.476 e. The van der Waals surface area contributed by atoms with Gasteiger partial charge in [0, 0.05) is 12.6 Å². The molecule has 0 atom stereocenters. The number of nitrogens with zero attached hydrogens (tertiary/aromatic N) is 2. The van der Waals surface area contributed by atoms with Gasteiger partial charge < -0.3 is 9.51 Å². The number of carboxylic acids is 1. The van der Waals surface area contributed by atoms with Crippen LogP contribution >= 0.6 is 0 Å². The molecule has 0 aliphatic rings. The summed E-state index contributed by atoms with van der Waals surface area (Å²) in [6.45, 7) is 1.94. The second-order valence-corrected chi connectivity index (χ2v) is 4.80. The van der Waals surface area contributed by atoms with Crippen LogP contribution in [0.2, 0.25) is 0 Å². The van der Waals surface area contributed by atoms with Gasteiger partial charge in [0.2, 0.25) is 0 Å². The minimum absolute atomic E-state index is 0.111. The van der Waals surface area contributed by atoms with Gasteiger partial charge in [0.1, 0.15) is 5.82 Å². The molecule has 0 aliphatic heterocycles. The summed E-state index contributed by atoms with van der Waals surface area (Å²) in [5.74, 6) is -0.254. The van der Waals surface area contributed by atoms with Crippen molar-refractivity contribution in [1.82, 2.24) is 9.38 Å². The normalized spacial score (nSPS) is 10.8. The average molecular weight is 266 g/mol. The number of hydrogen-bond donors (Lipinski definition) is 1. The number of rotatable bonds is 3. The maximum Gasteiger partial charge on any atom is 0.356 e. The van der Waals surface area contributed by atoms with Crippen LogP contribution in [0.5, 0.6) is 0 Å². The Morgan fingerprint density at radius 3 is 2.70 bits per heavy atom. The topological polar surface area (TPSA) is 54.6 Å². The molecule has 3 aromatic rings. The van der Waals surface area contributed by atoms with Gasteiger partial charge in [-0.15, -0.1) is 0 Å². The van der Waals surface area contributed by atoms with Crippen molar-refractivity contribution in [3.63, 3.8) is 0 Å². The molecule has 0 saturated carbocycles. The standard InChI is InChI=1S/C16H14N2O2/c1-11-7-8-18-13(9-11)15(16(19)20)17-14(18)10-12-5-3-2-4-6-12/h2-9H,10H2,1H3,(H,19,20). The number of imidazole rings is 1. The fourth-order valence-corrected chi connectivity index (χ4v) is 2.31. The van der Waals surface area contributed by atoms with Gasteiger partial charge in [-0.3, -0.25) is 0 Å². The van der Waals surface area contributed by atoms with E-state index in [0.717, 1.165) is 17.0 Å². The highest BCUT2D eigenvalue weighted by atomic mass is 16.4. The molecule has 0 radical (unpaired) electrons. The summed E-state index contributed by atoms with van der Waals surface area (Å²) in [7, 11) is 0. The molecular weight excluding hydrogens is 252 g/mol. The van der Waals surface area contributed by atoms with Crippen LogP contribution in [-0.2, 0) is 6.42 Å². The summed E-state index contributed by atoms with van der Waals surface area (Å²) < 4.78 is 1.85. The summed E-state index contributed by atoms with van der Waals surface area (Å²) in [4.78, 5) is 15.6. The van der Waals surface area contributed by atoms with Gasteiger partial charge in [0.15, 0.2) is 5.69 Å². The third-order valence-corrected chi connectivity index (χ3v) is 3.28. The Hall–Kier alpha value is -2.62. The third kappa shape index (κ3) is 2.16. The number of pyridine rings is 1. The van der Waals surface area contributed by atoms with Gasteiger partial charge in [-0.2, -0.15) is 0 Å². The summed E-state index contributed by atoms with van der Waals surface area (Å²) in [6, 6.07) is 13.7. The van der Waals surface area contributed by atoms with Crippen LogP contribution in [0, 0.1) is 6.92 Å². The quantitative estimate of drug-likeness (QED) is 0.793. The lowest BCUT2D eigenvalue weighted by Gasteiger charge is -2.02. The minimum atomic E-state index is -0.993. The summed E-state index contributed by atoms with van der Waals surface area (Å²) >= 11 is 0. The number of carbonyl (C=O) groups is 1. The molecule has 2 aromatic heterocycles. The first-order valence-electron chi connectivity index (χ1n) is 6.40. The van der Waals surface area contributed by atoms with Gasteiger partial charge in [-0.05, 0) is 30.2 Å². The van der Waals surface area contributed by atoms with Gasteiger partial charge in [0.05, 0.1) is 5.52 Å². The van der Waals surface area contributed by atoms with Gasteiger partial charge in [-0.1, -0.05) is 30.3 Å². The van der Waals surface area contributed by atoms with Crippen LogP contribution in [0.15, 0.2) is 48.7 Å². The maximum atomic E-state index is 11.3. The number of carboxylic acid groups (broad SMARTS) is 1. The molecule has 4 heteroatoms. The monoisotopic (exact) mass is 266 g/mol. The lowest BCUT2D eigenvalue weighted by molar-refractivity contribution is 0.0693. The zero-order chi connectivity index (χ0) is 14.1. The van der Waals surface area contributed by atoms with Crippen molar-refractivity contribution in [3.05, 3.63) is 71.3 Å². The van der Waals surface area contributed by atoms with E-state index < -0.39 is 5.97 Å². The van der Waals surface area contributed by atoms with Crippen molar-refractivity contribution >= 4 is 11.5 Å². The highest BCUT2D eigenvalue weighted by molar-refractivity contribution is 5.93. The SMILES string of the molecule is Cc1ccn2c(Cc3ccccc3)nc(C(=O)O)c2c1. The molecule has 3 rings (SSSR count). The van der Waals surface area contributed by atoms with Gasteiger partial charge in [-0.25, -0.2) is 9.78 Å². The number of aromatic carboxylic acids is 1. The van der Waals surface area contributed by atoms with Crippen molar-refractivity contribution in [2.45, 2.75) is 13.3 Å². The Kier molecular flexibility index (Phi) is 2.99. The molecule has 0 spiro atoms. The predicted octanol–water partition coefficient (Wildman–Crippen LogP) is 2.93. The summed E-state index contributed by atoms with van der Waals surface area (Å²) in [5, 5.41) is 9.28. The van der Waals surface area contributed by atoms with E-state index in [2.05, 4.69) is 4.98 Å². The number of hydrogen-bond acceptors (Lipinski definition) is 2. The lowest BCUT2D eigenvalue weighted by atomic mass is 10.1. The largest absolute Gasteiger partial charge is 0.476 e. The molecular formula is C16H14N2O2.